The number of nitrogens with zero attached hydrogens (tertiary/aromatic N) is 1. The monoisotopic (exact) mass is 527 g/mol. The molecule has 1 aliphatic heterocycles. The Kier molecular flexibility index (Phi) is 8.68. The van der Waals surface area contributed by atoms with Gasteiger partial charge in [-0.3, -0.25) is 0 Å². The molecule has 0 spiro atoms. The topological polar surface area (TPSA) is 39.3 Å². The summed E-state index contributed by atoms with van der Waals surface area (Å²) in [6.45, 7) is 7.75. The van der Waals surface area contributed by atoms with Crippen molar-refractivity contribution in [1.29, 1.82) is 0 Å². The molecule has 1 aliphatic rings. The zero-order valence-electron chi connectivity index (χ0n) is 21.7. The van der Waals surface area contributed by atoms with Gasteiger partial charge in [0, 0.05) is 0 Å². The van der Waals surface area contributed by atoms with E-state index in [1.165, 1.54) is 15.5 Å². The predicted molar refractivity (Wildman–Crippen MR) is 154 cm³/mol. The van der Waals surface area contributed by atoms with Crippen LogP contribution in [0.15, 0.2) is 121 Å². The van der Waals surface area contributed by atoms with E-state index in [4.69, 9.17) is 0 Å². The Morgan fingerprint density at radius 1 is 0.378 bits per heavy atom. The van der Waals surface area contributed by atoms with E-state index >= 15 is 0 Å². The summed E-state index contributed by atoms with van der Waals surface area (Å²) in [5, 5.41) is 11.0. The first-order chi connectivity index (χ1) is 18.4. The molecule has 0 aliphatic carbocycles. The van der Waals surface area contributed by atoms with Crippen molar-refractivity contribution in [2.45, 2.75) is 0 Å². The van der Waals surface area contributed by atoms with E-state index in [-0.39, 0.29) is 0 Å². The van der Waals surface area contributed by atoms with Crippen molar-refractivity contribution in [1.82, 2.24) is 19.3 Å². The summed E-state index contributed by atoms with van der Waals surface area (Å²) in [6.07, 6.45) is 0. The van der Waals surface area contributed by atoms with Crippen molar-refractivity contribution in [3.05, 3.63) is 121 Å². The van der Waals surface area contributed by atoms with Gasteiger partial charge in [0.2, 0.25) is 0 Å². The third-order valence-electron chi connectivity index (χ3n) is 8.05. The van der Waals surface area contributed by atoms with Crippen LogP contribution in [0.1, 0.15) is 0 Å². The van der Waals surface area contributed by atoms with E-state index < -0.39 is 15.6 Å². The summed E-state index contributed by atoms with van der Waals surface area (Å²) in [4.78, 5) is 0. The number of hydrogen-bond donors (Lipinski definition) is 3. The van der Waals surface area contributed by atoms with Crippen LogP contribution in [0.5, 0.6) is 0 Å². The van der Waals surface area contributed by atoms with Crippen LogP contribution in [0.25, 0.3) is 0 Å². The number of benzene rings is 4. The van der Waals surface area contributed by atoms with Crippen LogP contribution in [-0.2, 0) is 15.6 Å². The Labute approximate surface area is 223 Å². The summed E-state index contributed by atoms with van der Waals surface area (Å²) >= 11 is -4.43. The van der Waals surface area contributed by atoms with E-state index in [0.29, 0.717) is 0 Å². The van der Waals surface area contributed by atoms with Crippen molar-refractivity contribution in [3.8, 4) is 0 Å². The second-order valence-electron chi connectivity index (χ2n) is 9.90. The SMILES string of the molecule is c1cc[c]([Ti]([c]2ccccc2)([c]2ccccc2)([c]2ccccc2)[N]2CCNCCNCCNCC2)cc1. The fourth-order valence-corrected chi connectivity index (χ4v) is 18.9. The molecule has 3 N–H and O–H groups in total. The first-order valence-corrected chi connectivity index (χ1v) is 17.4. The van der Waals surface area contributed by atoms with E-state index in [1.807, 2.05) is 0 Å². The Balaban J connectivity index is 1.89. The molecule has 4 nitrogen and oxygen atoms in total. The summed E-state index contributed by atoms with van der Waals surface area (Å²) in [6, 6.07) is 45.6. The summed E-state index contributed by atoms with van der Waals surface area (Å²) in [7, 11) is 0. The summed E-state index contributed by atoms with van der Waals surface area (Å²) < 4.78 is 8.67. The van der Waals surface area contributed by atoms with Gasteiger partial charge in [-0.2, -0.15) is 0 Å². The molecule has 0 aromatic heterocycles. The molecule has 5 heteroatoms. The maximum atomic E-state index is 3.73. The molecule has 0 unspecified atom stereocenters. The first-order valence-electron chi connectivity index (χ1n) is 13.6. The summed E-state index contributed by atoms with van der Waals surface area (Å²) in [5.41, 5.74) is 0. The third-order valence-corrected chi connectivity index (χ3v) is 19.8. The second kappa shape index (κ2) is 12.3. The third kappa shape index (κ3) is 4.75. The average Bonchev–Trinajstić information content (AvgIpc) is 2.97. The molecule has 0 atom stereocenters. The molecule has 0 amide bonds. The molecular weight excluding hydrogens is 488 g/mol. The van der Waals surface area contributed by atoms with E-state index in [1.54, 1.807) is 0 Å². The van der Waals surface area contributed by atoms with Crippen LogP contribution in [0.2, 0.25) is 0 Å². The predicted octanol–water partition coefficient (Wildman–Crippen LogP) is 1.98. The van der Waals surface area contributed by atoms with E-state index in [2.05, 4.69) is 141 Å². The van der Waals surface area contributed by atoms with Crippen LogP contribution < -0.4 is 31.4 Å². The Bertz CT molecular complexity index is 1040. The normalized spacial score (nSPS) is 17.6. The van der Waals surface area contributed by atoms with E-state index in [9.17, 15) is 0 Å². The van der Waals surface area contributed by atoms with Crippen molar-refractivity contribution < 1.29 is 15.6 Å². The number of hydrogen-bond acceptors (Lipinski definition) is 4. The van der Waals surface area contributed by atoms with Gasteiger partial charge in [0.15, 0.2) is 0 Å². The molecule has 37 heavy (non-hydrogen) atoms. The fraction of sp³-hybridized carbons (Fsp3) is 0.250. The minimum absolute atomic E-state index is 0.945. The molecule has 0 saturated carbocycles. The fourth-order valence-electron chi connectivity index (χ4n) is 6.50. The van der Waals surface area contributed by atoms with Crippen molar-refractivity contribution >= 4 is 15.5 Å². The molecule has 5 rings (SSSR count). The van der Waals surface area contributed by atoms with Crippen LogP contribution in [0.3, 0.4) is 0 Å². The van der Waals surface area contributed by atoms with Gasteiger partial charge in [0.25, 0.3) is 0 Å². The minimum atomic E-state index is -4.43. The van der Waals surface area contributed by atoms with Crippen LogP contribution in [0.4, 0.5) is 0 Å². The molecule has 191 valence electrons. The molecular formula is C32H39N4Ti. The number of rotatable bonds is 5. The Hall–Kier alpha value is -2.57. The van der Waals surface area contributed by atoms with Gasteiger partial charge in [-0.05, 0) is 0 Å². The first kappa shape index (κ1) is 26.1. The Morgan fingerprint density at radius 3 is 0.946 bits per heavy atom. The molecule has 0 radical (unpaired) electrons. The van der Waals surface area contributed by atoms with Gasteiger partial charge in [0.1, 0.15) is 0 Å². The number of nitrogens with one attached hydrogen (secondary N) is 3. The molecule has 1 saturated heterocycles. The molecule has 1 heterocycles. The molecule has 4 aromatic carbocycles. The summed E-state index contributed by atoms with van der Waals surface area (Å²) in [5.74, 6) is 0. The van der Waals surface area contributed by atoms with Crippen LogP contribution >= 0.6 is 0 Å². The van der Waals surface area contributed by atoms with Gasteiger partial charge in [-0.25, -0.2) is 0 Å². The van der Waals surface area contributed by atoms with Gasteiger partial charge in [-0.1, -0.05) is 0 Å². The standard InChI is InChI=1S/C8H19N4.4C6H5.Ti/c1-2-10-5-6-12-8-7-11-4-3-9-1;4*1-2-4-6-5-3-1;/h9-11H,1-8H2;4*1-5H;/q-1;;;;;+1. The maximum absolute atomic E-state index is 4.43. The van der Waals surface area contributed by atoms with Crippen molar-refractivity contribution in [2.75, 3.05) is 52.4 Å². The second-order valence-corrected chi connectivity index (χ2v) is 18.2. The molecule has 0 bridgehead atoms. The van der Waals surface area contributed by atoms with E-state index in [0.717, 1.165) is 52.4 Å². The van der Waals surface area contributed by atoms with Crippen LogP contribution in [-0.4, -0.2) is 55.7 Å². The van der Waals surface area contributed by atoms with Crippen molar-refractivity contribution in [3.63, 3.8) is 0 Å². The van der Waals surface area contributed by atoms with Gasteiger partial charge >= 0.3 is 224 Å². The molecule has 1 fully saturated rings. The van der Waals surface area contributed by atoms with Crippen LogP contribution in [0, 0.1) is 0 Å². The quantitative estimate of drug-likeness (QED) is 0.348. The average molecular weight is 528 g/mol. The zero-order chi connectivity index (χ0) is 25.3. The Morgan fingerprint density at radius 2 is 0.649 bits per heavy atom. The van der Waals surface area contributed by atoms with Gasteiger partial charge in [0.05, 0.1) is 0 Å². The van der Waals surface area contributed by atoms with Gasteiger partial charge in [-0.15, -0.1) is 0 Å². The van der Waals surface area contributed by atoms with Gasteiger partial charge < -0.3 is 0 Å². The zero-order valence-corrected chi connectivity index (χ0v) is 23.2. The van der Waals surface area contributed by atoms with Crippen molar-refractivity contribution in [2.24, 2.45) is 0 Å². The molecule has 4 aromatic rings.